The third-order valence-corrected chi connectivity index (χ3v) is 4.62. The van der Waals surface area contributed by atoms with Crippen molar-refractivity contribution >= 4 is 10.1 Å². The summed E-state index contributed by atoms with van der Waals surface area (Å²) in [6.07, 6.45) is 0.957. The third kappa shape index (κ3) is 2.93. The molecule has 0 saturated carbocycles. The van der Waals surface area contributed by atoms with E-state index in [0.717, 1.165) is 30.7 Å². The molecule has 0 aromatic heterocycles. The van der Waals surface area contributed by atoms with Gasteiger partial charge in [0.25, 0.3) is 0 Å². The lowest BCUT2D eigenvalue weighted by Gasteiger charge is -2.38. The zero-order chi connectivity index (χ0) is 16.0. The topological polar surface area (TPSA) is 65.1 Å². The van der Waals surface area contributed by atoms with Crippen LogP contribution in [-0.2, 0) is 20.3 Å². The zero-order valence-corrected chi connectivity index (χ0v) is 13.9. The van der Waals surface area contributed by atoms with Crippen molar-refractivity contribution in [2.75, 3.05) is 32.6 Å². The van der Waals surface area contributed by atoms with Gasteiger partial charge in [-0.05, 0) is 18.2 Å². The number of ether oxygens (including phenoxy) is 2. The van der Waals surface area contributed by atoms with Gasteiger partial charge >= 0.3 is 10.1 Å². The van der Waals surface area contributed by atoms with Gasteiger partial charge in [-0.2, -0.15) is 8.42 Å². The lowest BCUT2D eigenvalue weighted by atomic mass is 9.83. The normalized spacial score (nSPS) is 24.6. The second-order valence-electron chi connectivity index (χ2n) is 6.29. The van der Waals surface area contributed by atoms with Gasteiger partial charge in [-0.15, -0.1) is 0 Å². The zero-order valence-electron chi connectivity index (χ0n) is 13.0. The molecule has 2 aliphatic heterocycles. The van der Waals surface area contributed by atoms with Crippen LogP contribution in [-0.4, -0.2) is 52.1 Å². The standard InChI is InChI=1S/C15H21NO5S/c1-15(2)12-10-11(21-22(3,17)18)4-5-13(12)20-14(15)16-6-8-19-9-7-16/h4-5,10,14H,6-9H2,1-3H3. The van der Waals surface area contributed by atoms with Crippen LogP contribution in [0.2, 0.25) is 0 Å². The number of morpholine rings is 1. The Labute approximate surface area is 131 Å². The second kappa shape index (κ2) is 5.40. The Morgan fingerprint density at radius 2 is 1.95 bits per heavy atom. The molecule has 122 valence electrons. The van der Waals surface area contributed by atoms with Gasteiger partial charge in [-0.3, -0.25) is 4.90 Å². The molecule has 1 saturated heterocycles. The molecule has 1 fully saturated rings. The fraction of sp³-hybridized carbons (Fsp3) is 0.600. The van der Waals surface area contributed by atoms with Crippen molar-refractivity contribution in [2.24, 2.45) is 0 Å². The summed E-state index contributed by atoms with van der Waals surface area (Å²) in [5.41, 5.74) is 0.703. The van der Waals surface area contributed by atoms with Crippen LogP contribution in [0.3, 0.4) is 0 Å². The molecule has 0 bridgehead atoms. The highest BCUT2D eigenvalue weighted by Gasteiger charge is 2.45. The van der Waals surface area contributed by atoms with Gasteiger partial charge in [0.15, 0.2) is 6.23 Å². The van der Waals surface area contributed by atoms with E-state index in [4.69, 9.17) is 13.7 Å². The maximum atomic E-state index is 11.3. The van der Waals surface area contributed by atoms with E-state index in [1.165, 1.54) is 0 Å². The van der Waals surface area contributed by atoms with Crippen molar-refractivity contribution in [3.63, 3.8) is 0 Å². The first-order valence-electron chi connectivity index (χ1n) is 7.30. The predicted octanol–water partition coefficient (Wildman–Crippen LogP) is 1.35. The molecule has 3 rings (SSSR count). The maximum Gasteiger partial charge on any atom is 0.306 e. The first kappa shape index (κ1) is 15.6. The van der Waals surface area contributed by atoms with Crippen LogP contribution in [0, 0.1) is 0 Å². The first-order chi connectivity index (χ1) is 10.3. The van der Waals surface area contributed by atoms with Gasteiger partial charge in [-0.25, -0.2) is 0 Å². The summed E-state index contributed by atoms with van der Waals surface area (Å²) < 4.78 is 39.1. The fourth-order valence-electron chi connectivity index (χ4n) is 3.09. The van der Waals surface area contributed by atoms with E-state index in [2.05, 4.69) is 18.7 Å². The van der Waals surface area contributed by atoms with E-state index in [-0.39, 0.29) is 11.6 Å². The molecular formula is C15H21NO5S. The van der Waals surface area contributed by atoms with Crippen LogP contribution in [0.15, 0.2) is 18.2 Å². The molecule has 22 heavy (non-hydrogen) atoms. The summed E-state index contributed by atoms with van der Waals surface area (Å²) in [6.45, 7) is 7.26. The van der Waals surface area contributed by atoms with Gasteiger partial charge in [0, 0.05) is 24.1 Å². The average molecular weight is 327 g/mol. The molecule has 0 radical (unpaired) electrons. The Hall–Kier alpha value is -1.31. The van der Waals surface area contributed by atoms with Crippen LogP contribution < -0.4 is 8.92 Å². The summed E-state index contributed by atoms with van der Waals surface area (Å²) in [5.74, 6) is 1.10. The van der Waals surface area contributed by atoms with Crippen LogP contribution in [0.25, 0.3) is 0 Å². The van der Waals surface area contributed by atoms with E-state index in [1.54, 1.807) is 18.2 Å². The van der Waals surface area contributed by atoms with E-state index < -0.39 is 10.1 Å². The molecule has 7 heteroatoms. The molecule has 0 spiro atoms. The number of rotatable bonds is 3. The molecule has 1 aromatic rings. The molecular weight excluding hydrogens is 306 g/mol. The van der Waals surface area contributed by atoms with Crippen molar-refractivity contribution in [1.82, 2.24) is 4.90 Å². The van der Waals surface area contributed by atoms with E-state index in [1.807, 2.05) is 0 Å². The molecule has 1 aromatic carbocycles. The summed E-state index contributed by atoms with van der Waals surface area (Å²) >= 11 is 0. The van der Waals surface area contributed by atoms with Crippen LogP contribution >= 0.6 is 0 Å². The minimum Gasteiger partial charge on any atom is -0.474 e. The number of nitrogens with zero attached hydrogens (tertiary/aromatic N) is 1. The smallest absolute Gasteiger partial charge is 0.306 e. The highest BCUT2D eigenvalue weighted by atomic mass is 32.2. The minimum absolute atomic E-state index is 0.0834. The van der Waals surface area contributed by atoms with E-state index in [0.29, 0.717) is 19.0 Å². The lowest BCUT2D eigenvalue weighted by molar-refractivity contribution is -0.0612. The Balaban J connectivity index is 1.89. The van der Waals surface area contributed by atoms with Gasteiger partial charge in [0.2, 0.25) is 0 Å². The highest BCUT2D eigenvalue weighted by Crippen LogP contribution is 2.45. The number of hydrogen-bond acceptors (Lipinski definition) is 6. The molecule has 0 amide bonds. The average Bonchev–Trinajstić information content (AvgIpc) is 2.70. The SMILES string of the molecule is CC1(C)c2cc(OS(C)(=O)=O)ccc2OC1N1CCOCC1. The molecule has 6 nitrogen and oxygen atoms in total. The monoisotopic (exact) mass is 327 g/mol. The van der Waals surface area contributed by atoms with Gasteiger partial charge < -0.3 is 13.7 Å². The Morgan fingerprint density at radius 3 is 2.59 bits per heavy atom. The second-order valence-corrected chi connectivity index (χ2v) is 7.86. The van der Waals surface area contributed by atoms with Crippen molar-refractivity contribution in [3.8, 4) is 11.5 Å². The van der Waals surface area contributed by atoms with Crippen molar-refractivity contribution in [2.45, 2.75) is 25.5 Å². The van der Waals surface area contributed by atoms with Gasteiger partial charge in [0.05, 0.1) is 19.5 Å². The molecule has 2 aliphatic rings. The van der Waals surface area contributed by atoms with Crippen molar-refractivity contribution in [1.29, 1.82) is 0 Å². The largest absolute Gasteiger partial charge is 0.474 e. The summed E-state index contributed by atoms with van der Waals surface area (Å²) in [7, 11) is -3.53. The van der Waals surface area contributed by atoms with Crippen LogP contribution in [0.4, 0.5) is 0 Å². The molecule has 1 unspecified atom stereocenters. The fourth-order valence-corrected chi connectivity index (χ4v) is 3.54. The summed E-state index contributed by atoms with van der Waals surface area (Å²) in [5, 5.41) is 0. The number of fused-ring (bicyclic) bond motifs is 1. The number of hydrogen-bond donors (Lipinski definition) is 0. The van der Waals surface area contributed by atoms with E-state index in [9.17, 15) is 8.42 Å². The van der Waals surface area contributed by atoms with Crippen LogP contribution in [0.1, 0.15) is 19.4 Å². The Bertz CT molecular complexity index is 665. The third-order valence-electron chi connectivity index (χ3n) is 4.13. The first-order valence-corrected chi connectivity index (χ1v) is 9.11. The minimum atomic E-state index is -3.53. The van der Waals surface area contributed by atoms with Crippen LogP contribution in [0.5, 0.6) is 11.5 Å². The summed E-state index contributed by atoms with van der Waals surface area (Å²) in [4.78, 5) is 2.26. The van der Waals surface area contributed by atoms with E-state index >= 15 is 0 Å². The van der Waals surface area contributed by atoms with Crippen molar-refractivity contribution < 1.29 is 22.1 Å². The number of benzene rings is 1. The van der Waals surface area contributed by atoms with Gasteiger partial charge in [-0.1, -0.05) is 13.8 Å². The molecule has 0 N–H and O–H groups in total. The summed E-state index contributed by atoms with van der Waals surface area (Å²) in [6, 6.07) is 5.16. The van der Waals surface area contributed by atoms with Gasteiger partial charge in [0.1, 0.15) is 11.5 Å². The van der Waals surface area contributed by atoms with Crippen molar-refractivity contribution in [3.05, 3.63) is 23.8 Å². The molecule has 1 atom stereocenters. The maximum absolute atomic E-state index is 11.3. The Morgan fingerprint density at radius 1 is 1.27 bits per heavy atom. The quantitative estimate of drug-likeness (QED) is 0.781. The lowest BCUT2D eigenvalue weighted by Crippen LogP contribution is -2.52. The molecule has 2 heterocycles. The molecule has 0 aliphatic carbocycles. The Kier molecular flexibility index (Phi) is 3.82. The highest BCUT2D eigenvalue weighted by molar-refractivity contribution is 7.86. The predicted molar refractivity (Wildman–Crippen MR) is 81.7 cm³/mol.